The summed E-state index contributed by atoms with van der Waals surface area (Å²) >= 11 is 12.6. The van der Waals surface area contributed by atoms with Crippen molar-refractivity contribution in [2.45, 2.75) is 44.7 Å². The largest absolute Gasteiger partial charge is 0.357 e. The van der Waals surface area contributed by atoms with Gasteiger partial charge in [0.25, 0.3) is 10.0 Å². The molecule has 1 atom stereocenters. The third-order valence-corrected chi connectivity index (χ3v) is 8.50. The number of aryl methyl sites for hydroxylation is 2. The number of carbonyl (C=O) groups is 2. The van der Waals surface area contributed by atoms with Gasteiger partial charge in [-0.3, -0.25) is 13.9 Å². The molecule has 2 amide bonds. The Labute approximate surface area is 234 Å². The third-order valence-electron chi connectivity index (χ3n) is 6.17. The molecule has 7 nitrogen and oxygen atoms in total. The Balaban J connectivity index is 2.10. The number of carbonyl (C=O) groups excluding carboxylic acids is 2. The van der Waals surface area contributed by atoms with E-state index in [0.29, 0.717) is 6.42 Å². The highest BCUT2D eigenvalue weighted by Gasteiger charge is 2.34. The fourth-order valence-electron chi connectivity index (χ4n) is 4.00. The van der Waals surface area contributed by atoms with Gasteiger partial charge in [-0.15, -0.1) is 0 Å². The summed E-state index contributed by atoms with van der Waals surface area (Å²) in [5.41, 5.74) is 2.81. The Morgan fingerprint density at radius 1 is 0.921 bits per heavy atom. The first-order valence-corrected chi connectivity index (χ1v) is 14.3. The zero-order valence-corrected chi connectivity index (χ0v) is 24.1. The van der Waals surface area contributed by atoms with Gasteiger partial charge in [-0.25, -0.2) is 8.42 Å². The number of benzene rings is 3. The van der Waals surface area contributed by atoms with Crippen molar-refractivity contribution >= 4 is 50.7 Å². The number of nitrogens with one attached hydrogen (secondary N) is 1. The van der Waals surface area contributed by atoms with E-state index in [1.54, 1.807) is 19.1 Å². The van der Waals surface area contributed by atoms with Gasteiger partial charge in [-0.1, -0.05) is 77.7 Å². The van der Waals surface area contributed by atoms with Crippen LogP contribution in [0.3, 0.4) is 0 Å². The Bertz CT molecular complexity index is 1390. The zero-order valence-electron chi connectivity index (χ0n) is 21.7. The smallest absolute Gasteiger partial charge is 0.264 e. The van der Waals surface area contributed by atoms with E-state index in [-0.39, 0.29) is 33.1 Å². The number of halogens is 2. The molecular weight excluding hydrogens is 545 g/mol. The van der Waals surface area contributed by atoms with Crippen LogP contribution in [-0.4, -0.2) is 44.8 Å². The molecule has 0 heterocycles. The maximum absolute atomic E-state index is 13.9. The zero-order chi connectivity index (χ0) is 28.0. The van der Waals surface area contributed by atoms with Crippen molar-refractivity contribution in [2.24, 2.45) is 0 Å². The van der Waals surface area contributed by atoms with Gasteiger partial charge < -0.3 is 10.2 Å². The summed E-state index contributed by atoms with van der Waals surface area (Å²) < 4.78 is 28.7. The average molecular weight is 577 g/mol. The first-order chi connectivity index (χ1) is 18.0. The summed E-state index contributed by atoms with van der Waals surface area (Å²) in [6, 6.07) is 17.5. The SMILES string of the molecule is CCC(C(=O)NC)N(Cc1ccc(C)cc1)C(=O)CN(c1cc(Cl)ccc1Cl)S(=O)(=O)c1ccc(C)cc1. The van der Waals surface area contributed by atoms with Crippen molar-refractivity contribution in [1.29, 1.82) is 0 Å². The fraction of sp³-hybridized carbons (Fsp3) is 0.286. The summed E-state index contributed by atoms with van der Waals surface area (Å²) in [7, 11) is -2.73. The summed E-state index contributed by atoms with van der Waals surface area (Å²) in [4.78, 5) is 28.1. The van der Waals surface area contributed by atoms with Crippen LogP contribution in [-0.2, 0) is 26.2 Å². The van der Waals surface area contributed by atoms with Gasteiger partial charge in [-0.05, 0) is 56.2 Å². The molecule has 0 aliphatic rings. The Hall–Kier alpha value is -3.07. The lowest BCUT2D eigenvalue weighted by Gasteiger charge is -2.33. The number of nitrogens with zero attached hydrogens (tertiary/aromatic N) is 2. The number of likely N-dealkylation sites (N-methyl/N-ethyl adjacent to an activating group) is 1. The first kappa shape index (κ1) is 29.5. The number of anilines is 1. The molecule has 0 saturated carbocycles. The van der Waals surface area contributed by atoms with Crippen molar-refractivity contribution in [3.63, 3.8) is 0 Å². The molecule has 3 aromatic rings. The van der Waals surface area contributed by atoms with Crippen LogP contribution >= 0.6 is 23.2 Å². The second kappa shape index (κ2) is 12.7. The van der Waals surface area contributed by atoms with Gasteiger partial charge in [0.05, 0.1) is 15.6 Å². The van der Waals surface area contributed by atoms with Crippen LogP contribution in [0.5, 0.6) is 0 Å². The van der Waals surface area contributed by atoms with Crippen LogP contribution in [0.1, 0.15) is 30.0 Å². The van der Waals surface area contributed by atoms with E-state index in [2.05, 4.69) is 5.32 Å². The Kier molecular flexibility index (Phi) is 9.82. The minimum atomic E-state index is -4.23. The minimum absolute atomic E-state index is 0.00429. The van der Waals surface area contributed by atoms with Gasteiger partial charge >= 0.3 is 0 Å². The van der Waals surface area contributed by atoms with E-state index in [1.165, 1.54) is 42.3 Å². The summed E-state index contributed by atoms with van der Waals surface area (Å²) in [6.07, 6.45) is 0.333. The second-order valence-electron chi connectivity index (χ2n) is 8.97. The maximum Gasteiger partial charge on any atom is 0.264 e. The Morgan fingerprint density at radius 3 is 2.05 bits per heavy atom. The van der Waals surface area contributed by atoms with E-state index >= 15 is 0 Å². The fourth-order valence-corrected chi connectivity index (χ4v) is 5.86. The monoisotopic (exact) mass is 575 g/mol. The molecule has 0 bridgehead atoms. The van der Waals surface area contributed by atoms with Gasteiger partial charge in [0, 0.05) is 18.6 Å². The Morgan fingerprint density at radius 2 is 1.50 bits per heavy atom. The molecule has 0 aliphatic heterocycles. The average Bonchev–Trinajstić information content (AvgIpc) is 2.89. The lowest BCUT2D eigenvalue weighted by molar-refractivity contribution is -0.140. The standard InChI is InChI=1S/C28H31Cl2N3O4S/c1-5-25(28(35)31-4)32(17-21-10-6-19(2)7-11-21)27(34)18-33(26-16-22(29)12-15-24(26)30)38(36,37)23-13-8-20(3)9-14-23/h6-16,25H,5,17-18H2,1-4H3,(H,31,35). The van der Waals surface area contributed by atoms with E-state index < -0.39 is 28.5 Å². The first-order valence-electron chi connectivity index (χ1n) is 12.1. The number of rotatable bonds is 10. The third kappa shape index (κ3) is 6.87. The summed E-state index contributed by atoms with van der Waals surface area (Å²) in [5.74, 6) is -0.908. The molecule has 0 aromatic heterocycles. The van der Waals surface area contributed by atoms with Crippen molar-refractivity contribution in [3.05, 3.63) is 93.5 Å². The van der Waals surface area contributed by atoms with Gasteiger partial charge in [0.15, 0.2) is 0 Å². The lowest BCUT2D eigenvalue weighted by atomic mass is 10.1. The highest BCUT2D eigenvalue weighted by Crippen LogP contribution is 2.33. The van der Waals surface area contributed by atoms with Crippen LogP contribution in [0.4, 0.5) is 5.69 Å². The van der Waals surface area contributed by atoms with Crippen LogP contribution < -0.4 is 9.62 Å². The maximum atomic E-state index is 13.9. The molecular formula is C28H31Cl2N3O4S. The molecule has 3 aromatic carbocycles. The number of sulfonamides is 1. The van der Waals surface area contributed by atoms with Gasteiger partial charge in [-0.2, -0.15) is 0 Å². The topological polar surface area (TPSA) is 86.8 Å². The lowest BCUT2D eigenvalue weighted by Crippen LogP contribution is -2.51. The van der Waals surface area contributed by atoms with Crippen molar-refractivity contribution < 1.29 is 18.0 Å². The molecule has 38 heavy (non-hydrogen) atoms. The normalized spacial score (nSPS) is 12.1. The molecule has 0 spiro atoms. The molecule has 1 unspecified atom stereocenters. The highest BCUT2D eigenvalue weighted by atomic mass is 35.5. The summed E-state index contributed by atoms with van der Waals surface area (Å²) in [5, 5.41) is 2.98. The van der Waals surface area contributed by atoms with Crippen molar-refractivity contribution in [3.8, 4) is 0 Å². The second-order valence-corrected chi connectivity index (χ2v) is 11.7. The van der Waals surface area contributed by atoms with Crippen LogP contribution in [0.15, 0.2) is 71.6 Å². The predicted molar refractivity (Wildman–Crippen MR) is 152 cm³/mol. The molecule has 0 saturated heterocycles. The number of hydrogen-bond donors (Lipinski definition) is 1. The predicted octanol–water partition coefficient (Wildman–Crippen LogP) is 5.36. The van der Waals surface area contributed by atoms with E-state index in [4.69, 9.17) is 23.2 Å². The summed E-state index contributed by atoms with van der Waals surface area (Å²) in [6.45, 7) is 5.12. The molecule has 1 N–H and O–H groups in total. The molecule has 202 valence electrons. The minimum Gasteiger partial charge on any atom is -0.357 e. The van der Waals surface area contributed by atoms with Gasteiger partial charge in [0.1, 0.15) is 12.6 Å². The molecule has 10 heteroatoms. The van der Waals surface area contributed by atoms with Gasteiger partial charge in [0.2, 0.25) is 11.8 Å². The van der Waals surface area contributed by atoms with Crippen molar-refractivity contribution in [2.75, 3.05) is 17.9 Å². The quantitative estimate of drug-likeness (QED) is 0.352. The molecule has 3 rings (SSSR count). The highest BCUT2D eigenvalue weighted by molar-refractivity contribution is 7.92. The van der Waals surface area contributed by atoms with Crippen molar-refractivity contribution in [1.82, 2.24) is 10.2 Å². The van der Waals surface area contributed by atoms with Crippen LogP contribution in [0.25, 0.3) is 0 Å². The van der Waals surface area contributed by atoms with Crippen LogP contribution in [0, 0.1) is 13.8 Å². The van der Waals surface area contributed by atoms with E-state index in [1.807, 2.05) is 38.1 Å². The molecule has 0 radical (unpaired) electrons. The number of hydrogen-bond acceptors (Lipinski definition) is 4. The number of amides is 2. The van der Waals surface area contributed by atoms with E-state index in [9.17, 15) is 18.0 Å². The van der Waals surface area contributed by atoms with Crippen LogP contribution in [0.2, 0.25) is 10.0 Å². The molecule has 0 aliphatic carbocycles. The van der Waals surface area contributed by atoms with E-state index in [0.717, 1.165) is 21.0 Å². The molecule has 0 fully saturated rings.